The summed E-state index contributed by atoms with van der Waals surface area (Å²) < 4.78 is 23.9. The first-order valence-electron chi connectivity index (χ1n) is 16.7. The lowest BCUT2D eigenvalue weighted by atomic mass is 10.1. The van der Waals surface area contributed by atoms with Gasteiger partial charge in [0.05, 0.1) is 31.3 Å². The number of nitriles is 1. The molecule has 1 saturated heterocycles. The third-order valence-corrected chi connectivity index (χ3v) is 7.11. The van der Waals surface area contributed by atoms with Crippen LogP contribution < -0.4 is 20.6 Å². The van der Waals surface area contributed by atoms with E-state index in [-0.39, 0.29) is 48.7 Å². The van der Waals surface area contributed by atoms with Crippen molar-refractivity contribution < 1.29 is 38.0 Å². The Kier molecular flexibility index (Phi) is 31.7. The molecule has 1 fully saturated rings. The van der Waals surface area contributed by atoms with E-state index in [9.17, 15) is 19.2 Å². The highest BCUT2D eigenvalue weighted by atomic mass is 31.2. The van der Waals surface area contributed by atoms with Gasteiger partial charge in [-0.1, -0.05) is 80.5 Å². The van der Waals surface area contributed by atoms with Crippen molar-refractivity contribution in [2.24, 2.45) is 17.8 Å². The Balaban J connectivity index is -0.00000109. The topological polar surface area (TPSA) is 191 Å². The van der Waals surface area contributed by atoms with Crippen LogP contribution in [0.3, 0.4) is 0 Å². The maximum absolute atomic E-state index is 12.5. The van der Waals surface area contributed by atoms with E-state index in [2.05, 4.69) is 22.0 Å². The predicted molar refractivity (Wildman–Crippen MR) is 198 cm³/mol. The molecule has 4 atom stereocenters. The van der Waals surface area contributed by atoms with Crippen LogP contribution in [0.15, 0.2) is 47.4 Å². The number of para-hydroxylation sites is 1. The zero-order valence-corrected chi connectivity index (χ0v) is 32.7. The molecule has 3 N–H and O–H groups in total. The molecule has 284 valence electrons. The molecule has 0 saturated carbocycles. The Morgan fingerprint density at radius 2 is 1.62 bits per heavy atom. The second kappa shape index (κ2) is 31.3. The standard InChI is InChI=1S/C22H29N4O6P.C4H8O2.C4H10O.2C2H6.CHN/c1-15(2)20(28)24-19-9-11-26(22(29)25-19)21-16(3)13-18(31-21)14-30-33(23-10-12-27)32-17-7-5-4-6-8-17;1-3(2)4(5)6;1-4(2)5-3;3*1-2/h4-9,11-12,15-16,18,21,23H,10,13-14H2,1-3H3,(H,24,25,28,29);3H,1-2H3,(H,5,6);4H,1-3H3;2*1-2H3;1H/t16-,18-,21+,33?;;;;;/m0...../s1. The number of rotatable bonds is 13. The van der Waals surface area contributed by atoms with Crippen molar-refractivity contribution in [1.29, 1.82) is 5.26 Å². The van der Waals surface area contributed by atoms with Crippen LogP contribution in [0.2, 0.25) is 0 Å². The molecule has 0 bridgehead atoms. The van der Waals surface area contributed by atoms with Crippen molar-refractivity contribution >= 4 is 32.5 Å². The summed E-state index contributed by atoms with van der Waals surface area (Å²) in [5.74, 6) is -0.517. The van der Waals surface area contributed by atoms with Crippen molar-refractivity contribution in [2.45, 2.75) is 101 Å². The highest BCUT2D eigenvalue weighted by Crippen LogP contribution is 2.38. The Morgan fingerprint density at radius 3 is 2.06 bits per heavy atom. The molecule has 0 aliphatic carbocycles. The zero-order chi connectivity index (χ0) is 39.2. The Hall–Kier alpha value is -3.73. The molecule has 3 rings (SSSR count). The fourth-order valence-electron chi connectivity index (χ4n) is 3.26. The molecule has 1 aromatic heterocycles. The molecule has 50 heavy (non-hydrogen) atoms. The number of carboxylic acid groups (broad SMARTS) is 1. The lowest BCUT2D eigenvalue weighted by molar-refractivity contribution is -0.140. The van der Waals surface area contributed by atoms with Gasteiger partial charge in [-0.05, 0) is 38.5 Å². The van der Waals surface area contributed by atoms with Crippen LogP contribution in [-0.2, 0) is 28.4 Å². The minimum Gasteiger partial charge on any atom is -0.481 e. The van der Waals surface area contributed by atoms with Crippen molar-refractivity contribution in [1.82, 2.24) is 14.6 Å². The second-order valence-electron chi connectivity index (χ2n) is 10.8. The van der Waals surface area contributed by atoms with E-state index in [1.807, 2.05) is 66.7 Å². The summed E-state index contributed by atoms with van der Waals surface area (Å²) in [5, 5.41) is 20.0. The first-order chi connectivity index (χ1) is 23.8. The van der Waals surface area contributed by atoms with Gasteiger partial charge in [0.25, 0.3) is 0 Å². The third-order valence-electron chi connectivity index (χ3n) is 5.91. The molecule has 2 heterocycles. The number of ether oxygens (including phenoxy) is 2. The van der Waals surface area contributed by atoms with E-state index in [0.29, 0.717) is 18.3 Å². The van der Waals surface area contributed by atoms with E-state index in [1.165, 1.54) is 4.57 Å². The zero-order valence-electron chi connectivity index (χ0n) is 31.8. The number of aliphatic carboxylic acids is 1. The van der Waals surface area contributed by atoms with Gasteiger partial charge < -0.3 is 33.7 Å². The molecule has 1 aliphatic rings. The van der Waals surface area contributed by atoms with Gasteiger partial charge in [-0.2, -0.15) is 4.98 Å². The monoisotopic (exact) mass is 725 g/mol. The van der Waals surface area contributed by atoms with Gasteiger partial charge in [0.15, 0.2) is 0 Å². The molecule has 0 spiro atoms. The number of nitrogens with zero attached hydrogens (tertiary/aromatic N) is 3. The lowest BCUT2D eigenvalue weighted by Crippen LogP contribution is -2.30. The molecule has 15 heteroatoms. The average Bonchev–Trinajstić information content (AvgIpc) is 3.49. The lowest BCUT2D eigenvalue weighted by Gasteiger charge is -2.20. The summed E-state index contributed by atoms with van der Waals surface area (Å²) in [6.07, 6.45) is 2.61. The van der Waals surface area contributed by atoms with Crippen LogP contribution in [0.5, 0.6) is 5.75 Å². The van der Waals surface area contributed by atoms with Crippen molar-refractivity contribution in [3.05, 3.63) is 53.1 Å². The summed E-state index contributed by atoms with van der Waals surface area (Å²) >= 11 is 0. The summed E-state index contributed by atoms with van der Waals surface area (Å²) in [7, 11) is 0.150. The number of hydrogen-bond donors (Lipinski definition) is 3. The van der Waals surface area contributed by atoms with Gasteiger partial charge in [-0.15, -0.1) is 0 Å². The molecule has 1 amide bonds. The normalized spacial score (nSPS) is 16.2. The molecular weight excluding hydrogens is 665 g/mol. The summed E-state index contributed by atoms with van der Waals surface area (Å²) in [6, 6.07) is 10.8. The maximum Gasteiger partial charge on any atom is 0.351 e. The smallest absolute Gasteiger partial charge is 0.351 e. The number of hydrogen-bond acceptors (Lipinski definition) is 11. The van der Waals surface area contributed by atoms with Crippen molar-refractivity contribution in [3.8, 4) is 12.3 Å². The van der Waals surface area contributed by atoms with E-state index in [0.717, 1.165) is 6.29 Å². The molecule has 2 aromatic rings. The fraction of sp³-hybridized carbons (Fsp3) is 0.600. The molecule has 14 nitrogen and oxygen atoms in total. The molecule has 0 radical (unpaired) electrons. The van der Waals surface area contributed by atoms with Crippen molar-refractivity contribution in [2.75, 3.05) is 25.6 Å². The molecule has 1 aliphatic heterocycles. The average molecular weight is 726 g/mol. The maximum atomic E-state index is 12.5. The summed E-state index contributed by atoms with van der Waals surface area (Å²) in [5.41, 5.74) is -0.503. The second-order valence-corrected chi connectivity index (χ2v) is 12.0. The molecular formula is C35H60N5O9P. The number of nitrogens with one attached hydrogen (secondary N) is 2. The third kappa shape index (κ3) is 22.8. The Morgan fingerprint density at radius 1 is 1.08 bits per heavy atom. The number of amides is 1. The first-order valence-corrected chi connectivity index (χ1v) is 17.9. The highest BCUT2D eigenvalue weighted by Gasteiger charge is 2.35. The van der Waals surface area contributed by atoms with Crippen LogP contribution in [0.1, 0.15) is 88.8 Å². The molecule has 1 unspecified atom stereocenters. The summed E-state index contributed by atoms with van der Waals surface area (Å²) in [4.78, 5) is 48.8. The van der Waals surface area contributed by atoms with E-state index in [4.69, 9.17) is 28.9 Å². The van der Waals surface area contributed by atoms with Crippen LogP contribution in [0.4, 0.5) is 5.82 Å². The number of anilines is 1. The fourth-order valence-corrected chi connectivity index (χ4v) is 4.30. The van der Waals surface area contributed by atoms with Gasteiger partial charge in [0.1, 0.15) is 24.1 Å². The van der Waals surface area contributed by atoms with Gasteiger partial charge in [0.2, 0.25) is 5.91 Å². The number of carbonyl (C=O) groups is 3. The summed E-state index contributed by atoms with van der Waals surface area (Å²) in [6.45, 7) is 24.6. The SMILES string of the molecule is C#N.CC.CC.CC(C)C(=O)Nc1ccn([C@@H]2O[C@H](COP(NCC=O)Oc3ccccc3)C[C@@H]2C)c(=O)n1.CC(C)C(=O)O.COC(C)C. The molecule has 1 aromatic carbocycles. The first kappa shape index (κ1) is 50.6. The van der Waals surface area contributed by atoms with E-state index in [1.54, 1.807) is 59.2 Å². The van der Waals surface area contributed by atoms with Gasteiger partial charge in [0, 0.05) is 31.7 Å². The Labute approximate surface area is 299 Å². The number of aldehydes is 1. The minimum absolute atomic E-state index is 0.0402. The van der Waals surface area contributed by atoms with Crippen LogP contribution >= 0.6 is 8.53 Å². The quantitative estimate of drug-likeness (QED) is 0.144. The number of carboxylic acids is 1. The number of benzene rings is 1. The number of carbonyl (C=O) groups excluding carboxylic acids is 2. The van der Waals surface area contributed by atoms with Gasteiger partial charge in [-0.3, -0.25) is 14.2 Å². The van der Waals surface area contributed by atoms with E-state index >= 15 is 0 Å². The highest BCUT2D eigenvalue weighted by molar-refractivity contribution is 7.45. The van der Waals surface area contributed by atoms with Crippen LogP contribution in [0.25, 0.3) is 0 Å². The van der Waals surface area contributed by atoms with Crippen LogP contribution in [0, 0.1) is 29.6 Å². The van der Waals surface area contributed by atoms with Crippen molar-refractivity contribution in [3.63, 3.8) is 0 Å². The number of methoxy groups -OCH3 is 1. The minimum atomic E-state index is -1.55. The van der Waals surface area contributed by atoms with Gasteiger partial charge >= 0.3 is 20.2 Å². The van der Waals surface area contributed by atoms with Gasteiger partial charge in [-0.25, -0.2) is 15.1 Å². The Bertz CT molecular complexity index is 1240. The van der Waals surface area contributed by atoms with Crippen LogP contribution in [-0.4, -0.2) is 65.3 Å². The van der Waals surface area contributed by atoms with E-state index < -0.39 is 26.4 Å². The largest absolute Gasteiger partial charge is 0.481 e. The predicted octanol–water partition coefficient (Wildman–Crippen LogP) is 6.83. The number of aromatic nitrogens is 2.